The number of hydrogen-bond donors (Lipinski definition) is 2. The second-order valence-corrected chi connectivity index (χ2v) is 7.98. The molecule has 0 spiro atoms. The predicted octanol–water partition coefficient (Wildman–Crippen LogP) is 2.98. The first-order chi connectivity index (χ1) is 16.5. The Hall–Kier alpha value is -3.85. The van der Waals surface area contributed by atoms with Crippen LogP contribution in [0.2, 0.25) is 0 Å². The molecule has 0 saturated carbocycles. The van der Waals surface area contributed by atoms with Crippen LogP contribution < -0.4 is 15.5 Å². The first kappa shape index (κ1) is 23.3. The number of pyridine rings is 1. The number of piperazine rings is 1. The van der Waals surface area contributed by atoms with Crippen LogP contribution in [0.4, 0.5) is 20.2 Å². The standard InChI is InChI=1S/C25H25F2N5O2/c26-19-6-8-22(9-7-19)31-11-13-32(14-12-31)23(18-3-2-10-28-16-18)17-29-24(33)25(34)30-21-5-1-4-20(27)15-21/h1-10,15-16,23H,11-14,17H2,(H,29,33)(H,30,34). The number of aromatic nitrogens is 1. The van der Waals surface area contributed by atoms with Crippen molar-refractivity contribution in [2.75, 3.05) is 42.9 Å². The first-order valence-corrected chi connectivity index (χ1v) is 11.0. The second kappa shape index (κ2) is 10.8. The van der Waals surface area contributed by atoms with E-state index in [4.69, 9.17) is 0 Å². The van der Waals surface area contributed by atoms with Crippen LogP contribution in [0, 0.1) is 11.6 Å². The molecule has 2 heterocycles. The lowest BCUT2D eigenvalue weighted by atomic mass is 10.1. The Labute approximate surface area is 196 Å². The van der Waals surface area contributed by atoms with Gasteiger partial charge in [-0.05, 0) is 54.1 Å². The van der Waals surface area contributed by atoms with Gasteiger partial charge in [0.25, 0.3) is 0 Å². The smallest absolute Gasteiger partial charge is 0.313 e. The Balaban J connectivity index is 1.38. The van der Waals surface area contributed by atoms with Crippen molar-refractivity contribution < 1.29 is 18.4 Å². The molecule has 1 aliphatic rings. The minimum Gasteiger partial charge on any atom is -0.369 e. The zero-order valence-electron chi connectivity index (χ0n) is 18.5. The largest absolute Gasteiger partial charge is 0.369 e. The number of carbonyl (C=O) groups is 2. The summed E-state index contributed by atoms with van der Waals surface area (Å²) in [7, 11) is 0. The summed E-state index contributed by atoms with van der Waals surface area (Å²) < 4.78 is 26.6. The number of nitrogens with one attached hydrogen (secondary N) is 2. The summed E-state index contributed by atoms with van der Waals surface area (Å²) in [4.78, 5) is 33.3. The third-order valence-electron chi connectivity index (χ3n) is 5.76. The van der Waals surface area contributed by atoms with Gasteiger partial charge in [0, 0.05) is 56.5 Å². The van der Waals surface area contributed by atoms with Gasteiger partial charge >= 0.3 is 11.8 Å². The molecule has 9 heteroatoms. The Morgan fingerprint density at radius 1 is 0.912 bits per heavy atom. The third kappa shape index (κ3) is 5.93. The van der Waals surface area contributed by atoms with Crippen molar-refractivity contribution in [3.8, 4) is 0 Å². The van der Waals surface area contributed by atoms with Crippen LogP contribution >= 0.6 is 0 Å². The molecule has 7 nitrogen and oxygen atoms in total. The highest BCUT2D eigenvalue weighted by Crippen LogP contribution is 2.24. The van der Waals surface area contributed by atoms with Gasteiger partial charge in [0.2, 0.25) is 0 Å². The van der Waals surface area contributed by atoms with Gasteiger partial charge in [-0.1, -0.05) is 12.1 Å². The van der Waals surface area contributed by atoms with Crippen LogP contribution in [0.15, 0.2) is 73.1 Å². The van der Waals surface area contributed by atoms with Gasteiger partial charge in [0.05, 0.1) is 6.04 Å². The number of nitrogens with zero attached hydrogens (tertiary/aromatic N) is 3. The summed E-state index contributed by atoms with van der Waals surface area (Å²) in [5.41, 5.74) is 2.09. The highest BCUT2D eigenvalue weighted by Gasteiger charge is 2.27. The molecule has 4 rings (SSSR count). The SMILES string of the molecule is O=C(NCC(c1cccnc1)N1CCN(c2ccc(F)cc2)CC1)C(=O)Nc1cccc(F)c1. The van der Waals surface area contributed by atoms with Crippen LogP contribution in [0.1, 0.15) is 11.6 Å². The average Bonchev–Trinajstić information content (AvgIpc) is 2.85. The van der Waals surface area contributed by atoms with Crippen molar-refractivity contribution in [2.45, 2.75) is 6.04 Å². The van der Waals surface area contributed by atoms with Gasteiger partial charge in [0.1, 0.15) is 11.6 Å². The fourth-order valence-electron chi connectivity index (χ4n) is 4.00. The van der Waals surface area contributed by atoms with Crippen LogP contribution in [0.3, 0.4) is 0 Å². The zero-order valence-corrected chi connectivity index (χ0v) is 18.5. The summed E-state index contributed by atoms with van der Waals surface area (Å²) >= 11 is 0. The van der Waals surface area contributed by atoms with E-state index in [1.54, 1.807) is 24.5 Å². The van der Waals surface area contributed by atoms with Gasteiger partial charge in [0.15, 0.2) is 0 Å². The molecule has 34 heavy (non-hydrogen) atoms. The molecule has 0 radical (unpaired) electrons. The van der Waals surface area contributed by atoms with Gasteiger partial charge in [-0.2, -0.15) is 0 Å². The van der Waals surface area contributed by atoms with Crippen molar-refractivity contribution in [1.82, 2.24) is 15.2 Å². The van der Waals surface area contributed by atoms with E-state index in [0.717, 1.165) is 30.4 Å². The molecule has 0 bridgehead atoms. The molecule has 1 aromatic heterocycles. The van der Waals surface area contributed by atoms with E-state index in [2.05, 4.69) is 25.4 Å². The molecule has 1 fully saturated rings. The molecule has 3 aromatic rings. The number of rotatable bonds is 6. The lowest BCUT2D eigenvalue weighted by Gasteiger charge is -2.40. The van der Waals surface area contributed by atoms with Crippen molar-refractivity contribution in [1.29, 1.82) is 0 Å². The molecule has 0 aliphatic carbocycles. The predicted molar refractivity (Wildman–Crippen MR) is 125 cm³/mol. The molecule has 1 unspecified atom stereocenters. The third-order valence-corrected chi connectivity index (χ3v) is 5.76. The molecule has 1 atom stereocenters. The Kier molecular flexibility index (Phi) is 7.44. The fraction of sp³-hybridized carbons (Fsp3) is 0.240. The van der Waals surface area contributed by atoms with E-state index in [1.807, 2.05) is 12.1 Å². The number of amides is 2. The number of carbonyl (C=O) groups excluding carboxylic acids is 2. The fourth-order valence-corrected chi connectivity index (χ4v) is 4.00. The highest BCUT2D eigenvalue weighted by molar-refractivity contribution is 6.39. The highest BCUT2D eigenvalue weighted by atomic mass is 19.1. The lowest BCUT2D eigenvalue weighted by Crippen LogP contribution is -2.50. The molecule has 2 N–H and O–H groups in total. The molecule has 1 saturated heterocycles. The van der Waals surface area contributed by atoms with Crippen LogP contribution in [-0.4, -0.2) is 54.4 Å². The van der Waals surface area contributed by atoms with Gasteiger partial charge in [-0.15, -0.1) is 0 Å². The van der Waals surface area contributed by atoms with Crippen molar-refractivity contribution in [3.63, 3.8) is 0 Å². The van der Waals surface area contributed by atoms with E-state index in [9.17, 15) is 18.4 Å². The van der Waals surface area contributed by atoms with Crippen molar-refractivity contribution in [2.24, 2.45) is 0 Å². The average molecular weight is 466 g/mol. The molecular weight excluding hydrogens is 440 g/mol. The van der Waals surface area contributed by atoms with E-state index < -0.39 is 17.6 Å². The summed E-state index contributed by atoms with van der Waals surface area (Å²) in [5, 5.41) is 5.10. The molecular formula is C25H25F2N5O2. The van der Waals surface area contributed by atoms with E-state index in [1.165, 1.54) is 30.3 Å². The Morgan fingerprint density at radius 2 is 1.68 bits per heavy atom. The number of hydrogen-bond acceptors (Lipinski definition) is 5. The number of anilines is 2. The maximum atomic E-state index is 13.3. The topological polar surface area (TPSA) is 77.6 Å². The minimum atomic E-state index is -0.864. The quantitative estimate of drug-likeness (QED) is 0.548. The summed E-state index contributed by atoms with van der Waals surface area (Å²) in [5.74, 6) is -2.44. The zero-order chi connectivity index (χ0) is 23.9. The normalized spacial score (nSPS) is 14.9. The molecule has 2 amide bonds. The first-order valence-electron chi connectivity index (χ1n) is 11.0. The van der Waals surface area contributed by atoms with Crippen molar-refractivity contribution in [3.05, 3.63) is 90.3 Å². The van der Waals surface area contributed by atoms with E-state index >= 15 is 0 Å². The summed E-state index contributed by atoms with van der Waals surface area (Å²) in [6, 6.07) is 15.4. The van der Waals surface area contributed by atoms with E-state index in [-0.39, 0.29) is 24.1 Å². The van der Waals surface area contributed by atoms with Gasteiger partial charge in [-0.25, -0.2) is 8.78 Å². The Bertz CT molecular complexity index is 1120. The molecule has 2 aromatic carbocycles. The van der Waals surface area contributed by atoms with Crippen molar-refractivity contribution >= 4 is 23.2 Å². The van der Waals surface area contributed by atoms with Crippen LogP contribution in [0.25, 0.3) is 0 Å². The monoisotopic (exact) mass is 465 g/mol. The summed E-state index contributed by atoms with van der Waals surface area (Å²) in [6.07, 6.45) is 3.42. The Morgan fingerprint density at radius 3 is 2.35 bits per heavy atom. The van der Waals surface area contributed by atoms with Gasteiger partial charge < -0.3 is 15.5 Å². The molecule has 1 aliphatic heterocycles. The number of benzene rings is 2. The van der Waals surface area contributed by atoms with Gasteiger partial charge in [-0.3, -0.25) is 19.5 Å². The maximum absolute atomic E-state index is 13.3. The van der Waals surface area contributed by atoms with E-state index in [0.29, 0.717) is 13.1 Å². The molecule has 176 valence electrons. The summed E-state index contributed by atoms with van der Waals surface area (Å²) in [6.45, 7) is 3.09. The maximum Gasteiger partial charge on any atom is 0.313 e. The van der Waals surface area contributed by atoms with Crippen LogP contribution in [0.5, 0.6) is 0 Å². The van der Waals surface area contributed by atoms with Crippen LogP contribution in [-0.2, 0) is 9.59 Å². The minimum absolute atomic E-state index is 0.185. The lowest BCUT2D eigenvalue weighted by molar-refractivity contribution is -0.136. The number of halogens is 2. The second-order valence-electron chi connectivity index (χ2n) is 7.98.